The molecule has 0 aromatic heterocycles. The fourth-order valence-electron chi connectivity index (χ4n) is 6.15. The van der Waals surface area contributed by atoms with E-state index < -0.39 is 30.0 Å². The number of ether oxygens (including phenoxy) is 2. The summed E-state index contributed by atoms with van der Waals surface area (Å²) in [6.07, 6.45) is 4.13. The quantitative estimate of drug-likeness (QED) is 0.152. The Morgan fingerprint density at radius 1 is 0.915 bits per heavy atom. The molecule has 8 nitrogen and oxygen atoms in total. The summed E-state index contributed by atoms with van der Waals surface area (Å²) in [6, 6.07) is 25.8. The summed E-state index contributed by atoms with van der Waals surface area (Å²) in [6.45, 7) is 7.93. The van der Waals surface area contributed by atoms with E-state index in [0.717, 1.165) is 16.7 Å². The van der Waals surface area contributed by atoms with Crippen molar-refractivity contribution in [2.75, 3.05) is 20.3 Å². The van der Waals surface area contributed by atoms with E-state index in [0.29, 0.717) is 31.4 Å². The molecule has 0 radical (unpaired) electrons. The minimum absolute atomic E-state index is 0.0631. The van der Waals surface area contributed by atoms with Gasteiger partial charge in [-0.3, -0.25) is 14.4 Å². The van der Waals surface area contributed by atoms with Crippen LogP contribution in [0.5, 0.6) is 0 Å². The molecule has 0 unspecified atom stereocenters. The highest BCUT2D eigenvalue weighted by Crippen LogP contribution is 2.28. The molecule has 4 rings (SSSR count). The highest BCUT2D eigenvalue weighted by molar-refractivity contribution is 5.86. The van der Waals surface area contributed by atoms with Crippen LogP contribution in [-0.2, 0) is 43.2 Å². The summed E-state index contributed by atoms with van der Waals surface area (Å²) in [7, 11) is 1.52. The molecule has 47 heavy (non-hydrogen) atoms. The zero-order valence-electron chi connectivity index (χ0n) is 27.1. The van der Waals surface area contributed by atoms with Crippen molar-refractivity contribution in [3.8, 4) is 0 Å². The second-order valence-corrected chi connectivity index (χ2v) is 12.0. The molecule has 2 N–H and O–H groups in total. The highest BCUT2D eigenvalue weighted by atomic mass is 16.5. The molecule has 0 bridgehead atoms. The SMILES string of the molecule is C=CC[C@H](CC(=O)N1Cc2ccccc2C[C@H]1CO)C(=O)N[C@@H](COC)[C@@H](OC(=O)[C@H](CC=C)Cc1ccccc1)c1ccccc1. The minimum atomic E-state index is -0.854. The van der Waals surface area contributed by atoms with E-state index in [9.17, 15) is 19.5 Å². The lowest BCUT2D eigenvalue weighted by atomic mass is 9.92. The average Bonchev–Trinajstić information content (AvgIpc) is 3.10. The lowest BCUT2D eigenvalue weighted by Gasteiger charge is -2.37. The third-order valence-corrected chi connectivity index (χ3v) is 8.65. The van der Waals surface area contributed by atoms with Crippen LogP contribution in [0.1, 0.15) is 47.6 Å². The topological polar surface area (TPSA) is 105 Å². The molecule has 1 aliphatic heterocycles. The average molecular weight is 639 g/mol. The molecular weight excluding hydrogens is 592 g/mol. The van der Waals surface area contributed by atoms with Gasteiger partial charge in [-0.05, 0) is 47.9 Å². The molecule has 1 heterocycles. The monoisotopic (exact) mass is 638 g/mol. The van der Waals surface area contributed by atoms with Crippen molar-refractivity contribution in [3.05, 3.63) is 132 Å². The predicted molar refractivity (Wildman–Crippen MR) is 182 cm³/mol. The van der Waals surface area contributed by atoms with Crippen LogP contribution >= 0.6 is 0 Å². The summed E-state index contributed by atoms with van der Waals surface area (Å²) in [5.74, 6) is -2.20. The largest absolute Gasteiger partial charge is 0.455 e. The van der Waals surface area contributed by atoms with E-state index in [2.05, 4.69) is 18.5 Å². The standard InChI is InChI=1S/C39H46N2O6/c1-4-14-31(24-36(43)41-25-33-21-13-12-20-30(33)23-34(41)26-42)38(44)40-35(27-46-3)37(29-18-10-7-11-19-29)47-39(45)32(15-5-2)22-28-16-8-6-9-17-28/h4-13,16-21,31-32,34-35,37,42H,1-2,14-15,22-27H2,3H3,(H,40,44)/t31-,32-,34+,35+,37+/m1/s1. The van der Waals surface area contributed by atoms with Gasteiger partial charge in [0, 0.05) is 20.1 Å². The highest BCUT2D eigenvalue weighted by Gasteiger charge is 2.35. The van der Waals surface area contributed by atoms with Crippen LogP contribution in [0.15, 0.2) is 110 Å². The van der Waals surface area contributed by atoms with Crippen LogP contribution in [0.2, 0.25) is 0 Å². The number of carbonyl (C=O) groups is 3. The van der Waals surface area contributed by atoms with Gasteiger partial charge < -0.3 is 24.8 Å². The summed E-state index contributed by atoms with van der Waals surface area (Å²) >= 11 is 0. The molecule has 0 saturated carbocycles. The number of amides is 2. The number of aliphatic hydroxyl groups excluding tert-OH is 1. The maximum absolute atomic E-state index is 13.9. The Bertz CT molecular complexity index is 1480. The molecule has 1 aliphatic rings. The number of nitrogens with one attached hydrogen (secondary N) is 1. The first-order chi connectivity index (χ1) is 22.9. The van der Waals surface area contributed by atoms with Gasteiger partial charge >= 0.3 is 5.97 Å². The summed E-state index contributed by atoms with van der Waals surface area (Å²) in [5, 5.41) is 13.2. The van der Waals surface area contributed by atoms with Crippen LogP contribution < -0.4 is 5.32 Å². The van der Waals surface area contributed by atoms with Gasteiger partial charge in [0.15, 0.2) is 0 Å². The maximum Gasteiger partial charge on any atom is 0.310 e. The molecule has 0 spiro atoms. The van der Waals surface area contributed by atoms with Gasteiger partial charge in [-0.25, -0.2) is 0 Å². The first kappa shape index (κ1) is 35.3. The molecule has 2 amide bonds. The Hall–Kier alpha value is -4.53. The zero-order valence-corrected chi connectivity index (χ0v) is 27.1. The molecule has 0 saturated heterocycles. The van der Waals surface area contributed by atoms with Crippen molar-refractivity contribution < 1.29 is 29.0 Å². The first-order valence-electron chi connectivity index (χ1n) is 16.2. The van der Waals surface area contributed by atoms with Crippen molar-refractivity contribution >= 4 is 17.8 Å². The number of rotatable bonds is 17. The Morgan fingerprint density at radius 2 is 1.53 bits per heavy atom. The number of aliphatic hydroxyl groups is 1. The third-order valence-electron chi connectivity index (χ3n) is 8.65. The lowest BCUT2D eigenvalue weighted by Crippen LogP contribution is -2.49. The summed E-state index contributed by atoms with van der Waals surface area (Å²) in [4.78, 5) is 42.9. The van der Waals surface area contributed by atoms with E-state index in [1.54, 1.807) is 17.1 Å². The number of esters is 1. The van der Waals surface area contributed by atoms with Crippen LogP contribution in [0.4, 0.5) is 0 Å². The van der Waals surface area contributed by atoms with Crippen molar-refractivity contribution in [1.82, 2.24) is 10.2 Å². The Morgan fingerprint density at radius 3 is 2.17 bits per heavy atom. The predicted octanol–water partition coefficient (Wildman–Crippen LogP) is 5.37. The number of allylic oxidation sites excluding steroid dienone is 2. The number of benzene rings is 3. The number of hydrogen-bond donors (Lipinski definition) is 2. The zero-order chi connectivity index (χ0) is 33.6. The Kier molecular flexibility index (Phi) is 13.5. The van der Waals surface area contributed by atoms with Crippen LogP contribution in [-0.4, -0.2) is 60.2 Å². The molecule has 248 valence electrons. The van der Waals surface area contributed by atoms with E-state index in [-0.39, 0.29) is 43.9 Å². The number of methoxy groups -OCH3 is 1. The fourth-order valence-corrected chi connectivity index (χ4v) is 6.15. The maximum atomic E-state index is 13.9. The number of hydrogen-bond acceptors (Lipinski definition) is 6. The molecular formula is C39H46N2O6. The Balaban J connectivity index is 1.53. The molecule has 5 atom stereocenters. The second kappa shape index (κ2) is 18.0. The normalized spacial score (nSPS) is 16.6. The van der Waals surface area contributed by atoms with E-state index >= 15 is 0 Å². The van der Waals surface area contributed by atoms with Gasteiger partial charge in [0.2, 0.25) is 11.8 Å². The summed E-state index contributed by atoms with van der Waals surface area (Å²) < 4.78 is 11.7. The lowest BCUT2D eigenvalue weighted by molar-refractivity contribution is -0.158. The second-order valence-electron chi connectivity index (χ2n) is 12.0. The molecule has 8 heteroatoms. The van der Waals surface area contributed by atoms with Gasteiger partial charge in [0.05, 0.1) is 37.1 Å². The molecule has 0 aliphatic carbocycles. The minimum Gasteiger partial charge on any atom is -0.455 e. The van der Waals surface area contributed by atoms with Crippen molar-refractivity contribution in [2.45, 2.75) is 56.8 Å². The van der Waals surface area contributed by atoms with E-state index in [4.69, 9.17) is 9.47 Å². The third kappa shape index (κ3) is 9.73. The first-order valence-corrected chi connectivity index (χ1v) is 16.2. The van der Waals surface area contributed by atoms with Crippen LogP contribution in [0.3, 0.4) is 0 Å². The molecule has 3 aromatic carbocycles. The van der Waals surface area contributed by atoms with Crippen LogP contribution in [0, 0.1) is 11.8 Å². The van der Waals surface area contributed by atoms with Gasteiger partial charge in [-0.1, -0.05) is 97.1 Å². The van der Waals surface area contributed by atoms with E-state index in [1.807, 2.05) is 84.9 Å². The number of nitrogens with zero attached hydrogens (tertiary/aromatic N) is 1. The van der Waals surface area contributed by atoms with Gasteiger partial charge in [-0.15, -0.1) is 13.2 Å². The fraction of sp³-hybridized carbons (Fsp3) is 0.359. The van der Waals surface area contributed by atoms with Gasteiger partial charge in [0.25, 0.3) is 0 Å². The molecule has 3 aromatic rings. The van der Waals surface area contributed by atoms with Gasteiger partial charge in [0.1, 0.15) is 6.10 Å². The van der Waals surface area contributed by atoms with Crippen molar-refractivity contribution in [2.24, 2.45) is 11.8 Å². The van der Waals surface area contributed by atoms with Crippen molar-refractivity contribution in [1.29, 1.82) is 0 Å². The number of carbonyl (C=O) groups excluding carboxylic acids is 3. The van der Waals surface area contributed by atoms with Crippen LogP contribution in [0.25, 0.3) is 0 Å². The Labute approximate surface area is 278 Å². The van der Waals surface area contributed by atoms with Gasteiger partial charge in [-0.2, -0.15) is 0 Å². The summed E-state index contributed by atoms with van der Waals surface area (Å²) in [5.41, 5.74) is 3.85. The smallest absolute Gasteiger partial charge is 0.310 e. The molecule has 0 fully saturated rings. The van der Waals surface area contributed by atoms with Crippen molar-refractivity contribution in [3.63, 3.8) is 0 Å². The number of fused-ring (bicyclic) bond motifs is 1. The van der Waals surface area contributed by atoms with E-state index in [1.165, 1.54) is 7.11 Å².